The molecule has 1 aliphatic rings. The molecule has 9 nitrogen and oxygen atoms in total. The van der Waals surface area contributed by atoms with E-state index in [0.29, 0.717) is 42.3 Å². The molecule has 1 fully saturated rings. The van der Waals surface area contributed by atoms with Gasteiger partial charge in [0.25, 0.3) is 0 Å². The first-order chi connectivity index (χ1) is 15.4. The number of carbonyl (C=O) groups excluding carboxylic acids is 1. The highest BCUT2D eigenvalue weighted by Crippen LogP contribution is 2.23. The van der Waals surface area contributed by atoms with Crippen molar-refractivity contribution in [1.29, 1.82) is 5.26 Å². The number of piperidine rings is 1. The minimum atomic E-state index is -4.02. The van der Waals surface area contributed by atoms with Crippen LogP contribution in [0.25, 0.3) is 11.0 Å². The van der Waals surface area contributed by atoms with Gasteiger partial charge in [-0.05, 0) is 49.4 Å². The molecule has 0 saturated carbocycles. The molecule has 2 aromatic heterocycles. The second kappa shape index (κ2) is 9.36. The van der Waals surface area contributed by atoms with Crippen LogP contribution in [0.3, 0.4) is 0 Å². The number of amides is 1. The summed E-state index contributed by atoms with van der Waals surface area (Å²) in [5.74, 6) is 0.303. The normalized spacial score (nSPS) is 16.2. The molecule has 1 amide bonds. The summed E-state index contributed by atoms with van der Waals surface area (Å²) in [5, 5.41) is 9.26. The third-order valence-electron chi connectivity index (χ3n) is 5.83. The van der Waals surface area contributed by atoms with Crippen molar-refractivity contribution in [3.63, 3.8) is 0 Å². The topological polar surface area (TPSA) is 121 Å². The SMILES string of the molecule is CC1CCN(C(=O)C(CCn2cccc2C#N)NS(=O)(=O)c2cccc3nsnc23)CC1. The van der Waals surface area contributed by atoms with Crippen LogP contribution < -0.4 is 4.72 Å². The van der Waals surface area contributed by atoms with E-state index in [4.69, 9.17) is 0 Å². The summed E-state index contributed by atoms with van der Waals surface area (Å²) in [4.78, 5) is 15.1. The fourth-order valence-electron chi connectivity index (χ4n) is 3.91. The maximum atomic E-state index is 13.3. The van der Waals surface area contributed by atoms with Gasteiger partial charge in [0.1, 0.15) is 33.7 Å². The summed E-state index contributed by atoms with van der Waals surface area (Å²) in [6.45, 7) is 3.70. The number of fused-ring (bicyclic) bond motifs is 1. The summed E-state index contributed by atoms with van der Waals surface area (Å²) < 4.78 is 39.1. The van der Waals surface area contributed by atoms with Crippen molar-refractivity contribution in [3.8, 4) is 6.07 Å². The fourth-order valence-corrected chi connectivity index (χ4v) is 5.90. The third-order valence-corrected chi connectivity index (χ3v) is 7.88. The van der Waals surface area contributed by atoms with Crippen molar-refractivity contribution in [2.75, 3.05) is 13.1 Å². The van der Waals surface area contributed by atoms with E-state index in [1.807, 2.05) is 0 Å². The molecule has 0 spiro atoms. The number of sulfonamides is 1. The average Bonchev–Trinajstić information content (AvgIpc) is 3.45. The molecule has 3 aromatic rings. The molecule has 1 saturated heterocycles. The van der Waals surface area contributed by atoms with Gasteiger partial charge >= 0.3 is 0 Å². The van der Waals surface area contributed by atoms with Gasteiger partial charge in [-0.3, -0.25) is 4.79 Å². The van der Waals surface area contributed by atoms with E-state index >= 15 is 0 Å². The van der Waals surface area contributed by atoms with Crippen molar-refractivity contribution in [3.05, 3.63) is 42.2 Å². The van der Waals surface area contributed by atoms with E-state index in [1.165, 1.54) is 6.07 Å². The van der Waals surface area contributed by atoms with Crippen LogP contribution in [0.1, 0.15) is 31.9 Å². The van der Waals surface area contributed by atoms with Crippen LogP contribution in [0.4, 0.5) is 0 Å². The molecule has 0 radical (unpaired) electrons. The highest BCUT2D eigenvalue weighted by atomic mass is 32.2. The summed E-state index contributed by atoms with van der Waals surface area (Å²) in [5.41, 5.74) is 1.25. The zero-order chi connectivity index (χ0) is 22.7. The van der Waals surface area contributed by atoms with Crippen molar-refractivity contribution in [2.45, 2.75) is 43.7 Å². The first kappa shape index (κ1) is 22.4. The zero-order valence-corrected chi connectivity index (χ0v) is 19.3. The van der Waals surface area contributed by atoms with E-state index in [0.717, 1.165) is 24.6 Å². The van der Waals surface area contributed by atoms with Crippen molar-refractivity contribution < 1.29 is 13.2 Å². The van der Waals surface area contributed by atoms with E-state index in [9.17, 15) is 18.5 Å². The molecule has 1 atom stereocenters. The van der Waals surface area contributed by atoms with Gasteiger partial charge < -0.3 is 9.47 Å². The number of hydrogen-bond acceptors (Lipinski definition) is 7. The molecule has 0 aliphatic carbocycles. The minimum absolute atomic E-state index is 0.00694. The van der Waals surface area contributed by atoms with Crippen LogP contribution in [0.15, 0.2) is 41.4 Å². The fraction of sp³-hybridized carbons (Fsp3) is 0.429. The highest BCUT2D eigenvalue weighted by Gasteiger charge is 2.32. The standard InChI is InChI=1S/C21H24N6O3S2/c1-15-7-11-27(12-8-15)21(28)18(9-13-26-10-3-4-16(26)14-22)25-32(29,30)19-6-2-5-17-20(19)24-31-23-17/h2-6,10,15,18,25H,7-9,11-13H2,1H3. The lowest BCUT2D eigenvalue weighted by atomic mass is 9.98. The molecular formula is C21H24N6O3S2. The number of rotatable bonds is 7. The van der Waals surface area contributed by atoms with Gasteiger partial charge in [-0.15, -0.1) is 0 Å². The summed E-state index contributed by atoms with van der Waals surface area (Å²) >= 11 is 0.942. The Labute approximate surface area is 191 Å². The quantitative estimate of drug-likeness (QED) is 0.563. The van der Waals surface area contributed by atoms with Crippen LogP contribution >= 0.6 is 11.7 Å². The molecule has 0 bridgehead atoms. The van der Waals surface area contributed by atoms with Crippen molar-refractivity contribution in [1.82, 2.24) is 22.9 Å². The van der Waals surface area contributed by atoms with E-state index < -0.39 is 16.1 Å². The molecule has 11 heteroatoms. The molecule has 3 heterocycles. The van der Waals surface area contributed by atoms with Crippen molar-refractivity contribution in [2.24, 2.45) is 5.92 Å². The van der Waals surface area contributed by atoms with Gasteiger partial charge in [-0.2, -0.15) is 18.7 Å². The van der Waals surface area contributed by atoms with Gasteiger partial charge in [-0.1, -0.05) is 13.0 Å². The number of aromatic nitrogens is 3. The second-order valence-electron chi connectivity index (χ2n) is 8.06. The zero-order valence-electron chi connectivity index (χ0n) is 17.6. The smallest absolute Gasteiger partial charge is 0.243 e. The number of nitrogens with one attached hydrogen (secondary N) is 1. The Hall–Kier alpha value is -2.81. The monoisotopic (exact) mass is 472 g/mol. The predicted molar refractivity (Wildman–Crippen MR) is 120 cm³/mol. The Bertz CT molecular complexity index is 1250. The lowest BCUT2D eigenvalue weighted by molar-refractivity contribution is -0.134. The molecule has 1 aliphatic heterocycles. The van der Waals surface area contributed by atoms with Crippen LogP contribution in [-0.4, -0.2) is 51.7 Å². The van der Waals surface area contributed by atoms with Crippen molar-refractivity contribution >= 4 is 38.7 Å². The van der Waals surface area contributed by atoms with Gasteiger partial charge in [0.05, 0.1) is 11.7 Å². The molecular weight excluding hydrogens is 448 g/mol. The third kappa shape index (κ3) is 4.67. The Morgan fingerprint density at radius 3 is 2.81 bits per heavy atom. The molecule has 4 rings (SSSR count). The summed E-state index contributed by atoms with van der Waals surface area (Å²) in [6, 6.07) is 9.36. The number of likely N-dealkylation sites (tertiary alicyclic amines) is 1. The molecule has 1 unspecified atom stereocenters. The molecule has 32 heavy (non-hydrogen) atoms. The Morgan fingerprint density at radius 2 is 2.06 bits per heavy atom. The molecule has 1 aromatic carbocycles. The number of carbonyl (C=O) groups is 1. The lowest BCUT2D eigenvalue weighted by Gasteiger charge is -2.33. The average molecular weight is 473 g/mol. The number of nitriles is 1. The Balaban J connectivity index is 1.60. The maximum absolute atomic E-state index is 13.3. The number of hydrogen-bond donors (Lipinski definition) is 1. The first-order valence-corrected chi connectivity index (χ1v) is 12.7. The van der Waals surface area contributed by atoms with Crippen LogP contribution in [-0.2, 0) is 21.4 Å². The molecule has 1 N–H and O–H groups in total. The number of nitrogens with zero attached hydrogens (tertiary/aromatic N) is 5. The van der Waals surface area contributed by atoms with E-state index in [1.54, 1.807) is 39.9 Å². The maximum Gasteiger partial charge on any atom is 0.243 e. The second-order valence-corrected chi connectivity index (χ2v) is 10.3. The number of benzene rings is 1. The number of aryl methyl sites for hydroxylation is 1. The lowest BCUT2D eigenvalue weighted by Crippen LogP contribution is -2.50. The molecule has 168 valence electrons. The summed E-state index contributed by atoms with van der Waals surface area (Å²) in [7, 11) is -4.02. The van der Waals surface area contributed by atoms with Gasteiger partial charge in [-0.25, -0.2) is 8.42 Å². The van der Waals surface area contributed by atoms with E-state index in [-0.39, 0.29) is 17.2 Å². The summed E-state index contributed by atoms with van der Waals surface area (Å²) in [6.07, 6.45) is 3.76. The van der Waals surface area contributed by atoms with Crippen LogP contribution in [0, 0.1) is 17.2 Å². The first-order valence-electron chi connectivity index (χ1n) is 10.5. The van der Waals surface area contributed by atoms with Gasteiger partial charge in [0, 0.05) is 25.8 Å². The van der Waals surface area contributed by atoms with Gasteiger partial charge in [0.15, 0.2) is 0 Å². The predicted octanol–water partition coefficient (Wildman–Crippen LogP) is 2.36. The van der Waals surface area contributed by atoms with E-state index in [2.05, 4.69) is 26.5 Å². The minimum Gasteiger partial charge on any atom is -0.341 e. The van der Waals surface area contributed by atoms with Gasteiger partial charge in [0.2, 0.25) is 15.9 Å². The largest absolute Gasteiger partial charge is 0.341 e. The van der Waals surface area contributed by atoms with Crippen LogP contribution in [0.5, 0.6) is 0 Å². The Kier molecular flexibility index (Phi) is 6.55. The Morgan fingerprint density at radius 1 is 1.28 bits per heavy atom. The van der Waals surface area contributed by atoms with Crippen LogP contribution in [0.2, 0.25) is 0 Å². The highest BCUT2D eigenvalue weighted by molar-refractivity contribution is 7.89.